The third kappa shape index (κ3) is 2.89. The predicted molar refractivity (Wildman–Crippen MR) is 73.5 cm³/mol. The standard InChI is InChI=1S/C14H16FNOS/c1-10(17)11-5-6-14(13(15)8-11)16(2)9-12-4-3-7-18-12/h3-8,10,17H,9H2,1-2H3. The van der Waals surface area contributed by atoms with Gasteiger partial charge in [-0.3, -0.25) is 0 Å². The molecule has 0 radical (unpaired) electrons. The van der Waals surface area contributed by atoms with Crippen LogP contribution in [0.5, 0.6) is 0 Å². The molecule has 18 heavy (non-hydrogen) atoms. The minimum atomic E-state index is -0.642. The van der Waals surface area contributed by atoms with E-state index in [-0.39, 0.29) is 5.82 Å². The van der Waals surface area contributed by atoms with Crippen LogP contribution in [0.3, 0.4) is 0 Å². The normalized spacial score (nSPS) is 12.4. The summed E-state index contributed by atoms with van der Waals surface area (Å²) in [5.41, 5.74) is 1.15. The molecule has 0 aliphatic heterocycles. The van der Waals surface area contributed by atoms with Crippen LogP contribution in [0, 0.1) is 5.82 Å². The lowest BCUT2D eigenvalue weighted by Crippen LogP contribution is -2.17. The zero-order valence-electron chi connectivity index (χ0n) is 10.4. The number of halogens is 1. The Hall–Kier alpha value is -1.39. The van der Waals surface area contributed by atoms with Gasteiger partial charge in [0, 0.05) is 11.9 Å². The Bertz CT molecular complexity index is 511. The molecule has 1 heterocycles. The Labute approximate surface area is 110 Å². The van der Waals surface area contributed by atoms with E-state index in [0.29, 0.717) is 17.8 Å². The van der Waals surface area contributed by atoms with E-state index in [1.165, 1.54) is 10.9 Å². The Morgan fingerprint density at radius 1 is 1.39 bits per heavy atom. The maximum absolute atomic E-state index is 13.9. The van der Waals surface area contributed by atoms with Gasteiger partial charge in [0.1, 0.15) is 5.82 Å². The first-order valence-electron chi connectivity index (χ1n) is 5.79. The monoisotopic (exact) mass is 265 g/mol. The third-order valence-corrected chi connectivity index (χ3v) is 3.70. The van der Waals surface area contributed by atoms with E-state index in [9.17, 15) is 9.50 Å². The minimum Gasteiger partial charge on any atom is -0.389 e. The van der Waals surface area contributed by atoms with Crippen molar-refractivity contribution in [1.82, 2.24) is 0 Å². The molecular formula is C14H16FNOS. The number of hydrogen-bond acceptors (Lipinski definition) is 3. The summed E-state index contributed by atoms with van der Waals surface area (Å²) < 4.78 is 13.9. The quantitative estimate of drug-likeness (QED) is 0.913. The fourth-order valence-electron chi connectivity index (χ4n) is 1.81. The van der Waals surface area contributed by atoms with Gasteiger partial charge in [-0.15, -0.1) is 11.3 Å². The molecule has 0 fully saturated rings. The number of thiophene rings is 1. The molecule has 2 aromatic rings. The van der Waals surface area contributed by atoms with Crippen molar-refractivity contribution >= 4 is 17.0 Å². The van der Waals surface area contributed by atoms with Crippen LogP contribution in [0.2, 0.25) is 0 Å². The highest BCUT2D eigenvalue weighted by molar-refractivity contribution is 7.09. The molecule has 1 atom stereocenters. The van der Waals surface area contributed by atoms with E-state index >= 15 is 0 Å². The van der Waals surface area contributed by atoms with Crippen LogP contribution in [0.1, 0.15) is 23.5 Å². The molecule has 4 heteroatoms. The van der Waals surface area contributed by atoms with Crippen molar-refractivity contribution in [3.8, 4) is 0 Å². The summed E-state index contributed by atoms with van der Waals surface area (Å²) in [7, 11) is 1.86. The molecule has 2 nitrogen and oxygen atoms in total. The van der Waals surface area contributed by atoms with Crippen molar-refractivity contribution in [3.05, 3.63) is 52.0 Å². The van der Waals surface area contributed by atoms with Crippen molar-refractivity contribution in [3.63, 3.8) is 0 Å². The highest BCUT2D eigenvalue weighted by Gasteiger charge is 2.11. The molecule has 1 unspecified atom stereocenters. The summed E-state index contributed by atoms with van der Waals surface area (Å²) in [6.07, 6.45) is -0.642. The molecule has 0 spiro atoms. The van der Waals surface area contributed by atoms with Crippen molar-refractivity contribution in [1.29, 1.82) is 0 Å². The van der Waals surface area contributed by atoms with Gasteiger partial charge < -0.3 is 10.0 Å². The van der Waals surface area contributed by atoms with Crippen LogP contribution in [0.4, 0.5) is 10.1 Å². The van der Waals surface area contributed by atoms with Gasteiger partial charge in [-0.1, -0.05) is 12.1 Å². The SMILES string of the molecule is CC(O)c1ccc(N(C)Cc2cccs2)c(F)c1. The first kappa shape index (κ1) is 13.1. The maximum atomic E-state index is 13.9. The van der Waals surface area contributed by atoms with Gasteiger partial charge in [0.05, 0.1) is 18.3 Å². The molecule has 0 amide bonds. The molecular weight excluding hydrogens is 249 g/mol. The molecule has 0 saturated carbocycles. The van der Waals surface area contributed by atoms with E-state index in [4.69, 9.17) is 0 Å². The van der Waals surface area contributed by atoms with Crippen molar-refractivity contribution in [2.45, 2.75) is 19.6 Å². The fourth-order valence-corrected chi connectivity index (χ4v) is 2.57. The summed E-state index contributed by atoms with van der Waals surface area (Å²) in [6, 6.07) is 8.88. The van der Waals surface area contributed by atoms with Gasteiger partial charge in [-0.05, 0) is 36.1 Å². The molecule has 0 saturated heterocycles. The molecule has 0 bridgehead atoms. The van der Waals surface area contributed by atoms with Crippen LogP contribution < -0.4 is 4.90 Å². The Morgan fingerprint density at radius 2 is 2.17 bits per heavy atom. The average Bonchev–Trinajstić information content (AvgIpc) is 2.81. The lowest BCUT2D eigenvalue weighted by Gasteiger charge is -2.20. The highest BCUT2D eigenvalue weighted by atomic mass is 32.1. The Balaban J connectivity index is 2.17. The molecule has 1 aromatic heterocycles. The molecule has 96 valence electrons. The van der Waals surface area contributed by atoms with Gasteiger partial charge in [-0.2, -0.15) is 0 Å². The summed E-state index contributed by atoms with van der Waals surface area (Å²) in [5, 5.41) is 11.4. The number of aliphatic hydroxyl groups excluding tert-OH is 1. The molecule has 2 rings (SSSR count). The molecule has 0 aliphatic carbocycles. The predicted octanol–water partition coefficient (Wildman–Crippen LogP) is 3.58. The highest BCUT2D eigenvalue weighted by Crippen LogP contribution is 2.24. The lowest BCUT2D eigenvalue weighted by molar-refractivity contribution is 0.199. The number of aliphatic hydroxyl groups is 1. The van der Waals surface area contributed by atoms with Crippen molar-refractivity contribution in [2.75, 3.05) is 11.9 Å². The third-order valence-electron chi connectivity index (χ3n) is 2.84. The Kier molecular flexibility index (Phi) is 3.99. The second-order valence-corrected chi connectivity index (χ2v) is 5.35. The van der Waals surface area contributed by atoms with Crippen LogP contribution in [0.25, 0.3) is 0 Å². The topological polar surface area (TPSA) is 23.5 Å². The maximum Gasteiger partial charge on any atom is 0.146 e. The first-order valence-corrected chi connectivity index (χ1v) is 6.67. The zero-order valence-corrected chi connectivity index (χ0v) is 11.2. The summed E-state index contributed by atoms with van der Waals surface area (Å²) in [5.74, 6) is -0.299. The van der Waals surface area contributed by atoms with Crippen LogP contribution in [0.15, 0.2) is 35.7 Å². The Morgan fingerprint density at radius 3 is 2.72 bits per heavy atom. The van der Waals surface area contributed by atoms with Crippen LogP contribution >= 0.6 is 11.3 Å². The van der Waals surface area contributed by atoms with Gasteiger partial charge in [0.25, 0.3) is 0 Å². The van der Waals surface area contributed by atoms with E-state index in [2.05, 4.69) is 0 Å². The molecule has 1 aromatic carbocycles. The number of anilines is 1. The number of hydrogen-bond donors (Lipinski definition) is 1. The van der Waals surface area contributed by atoms with E-state index in [1.54, 1.807) is 30.4 Å². The fraction of sp³-hybridized carbons (Fsp3) is 0.286. The number of nitrogens with zero attached hydrogens (tertiary/aromatic N) is 1. The van der Waals surface area contributed by atoms with E-state index in [1.807, 2.05) is 29.5 Å². The van der Waals surface area contributed by atoms with Crippen LogP contribution in [-0.4, -0.2) is 12.2 Å². The van der Waals surface area contributed by atoms with Crippen molar-refractivity contribution < 1.29 is 9.50 Å². The number of benzene rings is 1. The summed E-state index contributed by atoms with van der Waals surface area (Å²) >= 11 is 1.66. The smallest absolute Gasteiger partial charge is 0.146 e. The minimum absolute atomic E-state index is 0.299. The van der Waals surface area contributed by atoms with E-state index < -0.39 is 6.10 Å². The second kappa shape index (κ2) is 5.50. The molecule has 0 aliphatic rings. The van der Waals surface area contributed by atoms with Crippen LogP contribution in [-0.2, 0) is 6.54 Å². The largest absolute Gasteiger partial charge is 0.389 e. The zero-order chi connectivity index (χ0) is 13.1. The number of rotatable bonds is 4. The second-order valence-electron chi connectivity index (χ2n) is 4.32. The lowest BCUT2D eigenvalue weighted by atomic mass is 10.1. The van der Waals surface area contributed by atoms with Gasteiger partial charge >= 0.3 is 0 Å². The summed E-state index contributed by atoms with van der Waals surface area (Å²) in [4.78, 5) is 3.06. The van der Waals surface area contributed by atoms with Gasteiger partial charge in [0.2, 0.25) is 0 Å². The first-order chi connectivity index (χ1) is 8.58. The van der Waals surface area contributed by atoms with Gasteiger partial charge in [-0.25, -0.2) is 4.39 Å². The van der Waals surface area contributed by atoms with Gasteiger partial charge in [0.15, 0.2) is 0 Å². The molecule has 1 N–H and O–H groups in total. The average molecular weight is 265 g/mol. The summed E-state index contributed by atoms with van der Waals surface area (Å²) in [6.45, 7) is 2.31. The van der Waals surface area contributed by atoms with Crippen molar-refractivity contribution in [2.24, 2.45) is 0 Å². The van der Waals surface area contributed by atoms with E-state index in [0.717, 1.165) is 0 Å².